The molecule has 9 nitrogen and oxygen atoms in total. The first-order chi connectivity index (χ1) is 43.5. The Balaban J connectivity index is 3.86. The highest BCUT2D eigenvalue weighted by Gasteiger charge is 2.27. The number of phosphoric acid groups is 1. The zero-order valence-corrected chi connectivity index (χ0v) is 61.4. The lowest BCUT2D eigenvalue weighted by molar-refractivity contribution is -0.870. The van der Waals surface area contributed by atoms with Crippen LogP contribution in [0.25, 0.3) is 0 Å². The molecule has 0 aromatic rings. The number of phosphoric ester groups is 1. The first kappa shape index (κ1) is 87.5. The van der Waals surface area contributed by atoms with E-state index in [1.54, 1.807) is 0 Å². The summed E-state index contributed by atoms with van der Waals surface area (Å²) in [7, 11) is 1.51. The van der Waals surface area contributed by atoms with E-state index in [2.05, 4.69) is 38.2 Å². The van der Waals surface area contributed by atoms with Crippen molar-refractivity contribution in [1.29, 1.82) is 0 Å². The molecule has 0 aromatic heterocycles. The van der Waals surface area contributed by atoms with Crippen molar-refractivity contribution in [3.05, 3.63) is 24.3 Å². The Morgan fingerprint density at radius 3 is 0.888 bits per heavy atom. The number of hydrogen-bond acceptors (Lipinski definition) is 7. The molecule has 0 spiro atoms. The van der Waals surface area contributed by atoms with Gasteiger partial charge in [-0.1, -0.05) is 385 Å². The van der Waals surface area contributed by atoms with Crippen LogP contribution in [-0.2, 0) is 32.7 Å². The van der Waals surface area contributed by atoms with E-state index in [9.17, 15) is 19.0 Å². The molecule has 2 unspecified atom stereocenters. The topological polar surface area (TPSA) is 108 Å². The van der Waals surface area contributed by atoms with Crippen molar-refractivity contribution in [3.8, 4) is 0 Å². The van der Waals surface area contributed by atoms with E-state index >= 15 is 0 Å². The van der Waals surface area contributed by atoms with Crippen LogP contribution >= 0.6 is 7.82 Å². The summed E-state index contributed by atoms with van der Waals surface area (Å²) < 4.78 is 34.8. The number of rotatable bonds is 75. The van der Waals surface area contributed by atoms with Gasteiger partial charge >= 0.3 is 19.8 Å². The van der Waals surface area contributed by atoms with Gasteiger partial charge in [0.05, 0.1) is 27.7 Å². The highest BCUT2D eigenvalue weighted by Crippen LogP contribution is 2.43. The van der Waals surface area contributed by atoms with Crippen LogP contribution in [0.1, 0.15) is 418 Å². The molecule has 2 atom stereocenters. The maximum atomic E-state index is 12.9. The molecule has 0 heterocycles. The van der Waals surface area contributed by atoms with Crippen molar-refractivity contribution >= 4 is 19.8 Å². The zero-order valence-electron chi connectivity index (χ0n) is 60.5. The maximum Gasteiger partial charge on any atom is 0.472 e. The summed E-state index contributed by atoms with van der Waals surface area (Å²) in [5, 5.41) is 0. The first-order valence-corrected chi connectivity index (χ1v) is 41.1. The van der Waals surface area contributed by atoms with Crippen LogP contribution in [0.4, 0.5) is 0 Å². The Bertz CT molecular complexity index is 1550. The first-order valence-electron chi connectivity index (χ1n) is 39.6. The highest BCUT2D eigenvalue weighted by molar-refractivity contribution is 7.47. The highest BCUT2D eigenvalue weighted by atomic mass is 31.2. The third-order valence-electron chi connectivity index (χ3n) is 18.2. The predicted molar refractivity (Wildman–Crippen MR) is 386 cm³/mol. The van der Waals surface area contributed by atoms with Gasteiger partial charge in [-0.15, -0.1) is 0 Å². The van der Waals surface area contributed by atoms with Crippen molar-refractivity contribution < 1.29 is 42.1 Å². The van der Waals surface area contributed by atoms with Crippen LogP contribution in [-0.4, -0.2) is 74.9 Å². The molecular formula is C79H155NO8P+. The molecule has 0 rings (SSSR count). The fourth-order valence-electron chi connectivity index (χ4n) is 12.2. The van der Waals surface area contributed by atoms with E-state index < -0.39 is 26.5 Å². The minimum absolute atomic E-state index is 0.0367. The number of unbranched alkanes of at least 4 members (excludes halogenated alkanes) is 57. The Hall–Kier alpha value is -1.51. The number of esters is 2. The van der Waals surface area contributed by atoms with Gasteiger partial charge in [0.15, 0.2) is 6.10 Å². The minimum Gasteiger partial charge on any atom is -0.462 e. The molecule has 0 fully saturated rings. The molecule has 10 heteroatoms. The third-order valence-corrected chi connectivity index (χ3v) is 19.2. The molecule has 528 valence electrons. The predicted octanol–water partition coefficient (Wildman–Crippen LogP) is 26.0. The fourth-order valence-corrected chi connectivity index (χ4v) is 12.9. The van der Waals surface area contributed by atoms with Crippen LogP contribution < -0.4 is 0 Å². The maximum absolute atomic E-state index is 12.9. The molecule has 0 amide bonds. The van der Waals surface area contributed by atoms with Crippen molar-refractivity contribution in [1.82, 2.24) is 0 Å². The van der Waals surface area contributed by atoms with Crippen LogP contribution in [0.5, 0.6) is 0 Å². The van der Waals surface area contributed by atoms with E-state index in [4.69, 9.17) is 18.5 Å². The molecule has 0 aliphatic carbocycles. The summed E-state index contributed by atoms with van der Waals surface area (Å²) in [4.78, 5) is 35.9. The molecular weight excluding hydrogens is 1120 g/mol. The number of carbonyl (C=O) groups excluding carboxylic acids is 2. The van der Waals surface area contributed by atoms with Crippen molar-refractivity contribution in [3.63, 3.8) is 0 Å². The Kier molecular flexibility index (Phi) is 69.6. The summed E-state index contributed by atoms with van der Waals surface area (Å²) in [6.07, 6.45) is 90.5. The Morgan fingerprint density at radius 2 is 0.607 bits per heavy atom. The molecule has 0 aliphatic heterocycles. The average Bonchev–Trinajstić information content (AvgIpc) is 3.60. The summed E-state index contributed by atoms with van der Waals surface area (Å²) in [5.41, 5.74) is 0. The van der Waals surface area contributed by atoms with Crippen LogP contribution in [0.2, 0.25) is 0 Å². The van der Waals surface area contributed by atoms with E-state index in [0.717, 1.165) is 44.9 Å². The Morgan fingerprint density at radius 1 is 0.348 bits per heavy atom. The van der Waals surface area contributed by atoms with Crippen LogP contribution in [0.3, 0.4) is 0 Å². The van der Waals surface area contributed by atoms with Crippen molar-refractivity contribution in [2.75, 3.05) is 47.5 Å². The minimum atomic E-state index is -4.39. The number of carbonyl (C=O) groups is 2. The molecule has 0 saturated heterocycles. The van der Waals surface area contributed by atoms with Gasteiger partial charge in [-0.25, -0.2) is 4.57 Å². The van der Waals surface area contributed by atoms with Gasteiger partial charge in [0.1, 0.15) is 19.8 Å². The molecule has 0 radical (unpaired) electrons. The van der Waals surface area contributed by atoms with Crippen molar-refractivity contribution in [2.45, 2.75) is 424 Å². The van der Waals surface area contributed by atoms with Crippen molar-refractivity contribution in [2.24, 2.45) is 0 Å². The van der Waals surface area contributed by atoms with Gasteiger partial charge in [-0.3, -0.25) is 18.6 Å². The normalized spacial score (nSPS) is 13.1. The van der Waals surface area contributed by atoms with E-state index in [1.165, 1.54) is 347 Å². The van der Waals surface area contributed by atoms with Crippen LogP contribution in [0.15, 0.2) is 24.3 Å². The second-order valence-electron chi connectivity index (χ2n) is 28.5. The summed E-state index contributed by atoms with van der Waals surface area (Å²) >= 11 is 0. The van der Waals surface area contributed by atoms with E-state index in [1.807, 2.05) is 21.1 Å². The number of quaternary nitrogens is 1. The summed E-state index contributed by atoms with van der Waals surface area (Å²) in [6, 6.07) is 0. The smallest absolute Gasteiger partial charge is 0.462 e. The average molecular weight is 1280 g/mol. The lowest BCUT2D eigenvalue weighted by atomic mass is 10.0. The molecule has 1 N–H and O–H groups in total. The van der Waals surface area contributed by atoms with E-state index in [0.29, 0.717) is 17.4 Å². The number of nitrogens with zero attached hydrogens (tertiary/aromatic N) is 1. The quantitative estimate of drug-likeness (QED) is 0.0211. The molecule has 89 heavy (non-hydrogen) atoms. The molecule has 0 aliphatic rings. The lowest BCUT2D eigenvalue weighted by Gasteiger charge is -2.24. The number of ether oxygens (including phenoxy) is 2. The van der Waals surface area contributed by atoms with Gasteiger partial charge in [0.25, 0.3) is 0 Å². The molecule has 0 saturated carbocycles. The monoisotopic (exact) mass is 1280 g/mol. The van der Waals surface area contributed by atoms with Gasteiger partial charge in [0.2, 0.25) is 0 Å². The number of allylic oxidation sites excluding steroid dienone is 4. The SMILES string of the molecule is CCCCCCC/C=C\C/C=C\CCCCCCCCCCCCCCCCCCCCCCCCCCCCCCCC(=O)OC(COC(=O)CCCCCCCCCCCCCCCCCCCCCCCCCC)COP(=O)(O)OCC[N+](C)(C)C. The van der Waals surface area contributed by atoms with Gasteiger partial charge in [-0.2, -0.15) is 0 Å². The Labute approximate surface area is 555 Å². The van der Waals surface area contributed by atoms with Crippen LogP contribution in [0, 0.1) is 0 Å². The third kappa shape index (κ3) is 75.4. The number of likely N-dealkylation sites (N-methyl/N-ethyl adjacent to an activating group) is 1. The molecule has 0 aromatic carbocycles. The number of hydrogen-bond donors (Lipinski definition) is 1. The standard InChI is InChI=1S/C79H154NO8P/c1-6-8-10-12-14-16-18-20-22-24-26-28-30-32-33-34-35-36-37-38-39-40-41-42-43-44-45-46-47-48-50-52-54-56-58-60-62-64-66-68-70-72-79(82)88-77(76-87-89(83,84)86-74-73-80(3,4)5)75-85-78(81)71-69-67-65-63-61-59-57-55-53-51-49-31-29-27-25-23-21-19-17-15-13-11-9-7-2/h18,20,24,26,77H,6-17,19,21-23,25,27-76H2,1-5H3/p+1/b20-18-,26-24-. The zero-order chi connectivity index (χ0) is 64.8. The van der Waals surface area contributed by atoms with Gasteiger partial charge in [0, 0.05) is 12.8 Å². The van der Waals surface area contributed by atoms with Gasteiger partial charge < -0.3 is 18.9 Å². The summed E-state index contributed by atoms with van der Waals surface area (Å²) in [5.74, 6) is -0.768. The lowest BCUT2D eigenvalue weighted by Crippen LogP contribution is -2.37. The molecule has 0 bridgehead atoms. The second kappa shape index (κ2) is 70.8. The fraction of sp³-hybridized carbons (Fsp3) is 0.924. The summed E-state index contributed by atoms with van der Waals surface area (Å²) in [6.45, 7) is 4.51. The second-order valence-corrected chi connectivity index (χ2v) is 29.9. The largest absolute Gasteiger partial charge is 0.472 e. The van der Waals surface area contributed by atoms with E-state index in [-0.39, 0.29) is 25.6 Å². The van der Waals surface area contributed by atoms with Gasteiger partial charge in [-0.05, 0) is 44.9 Å².